The van der Waals surface area contributed by atoms with Crippen LogP contribution in [-0.2, 0) is 20.1 Å². The number of carbonyl (C=O) groups excluding carboxylic acids is 1. The Morgan fingerprint density at radius 2 is 2.22 bits per heavy atom. The molecule has 0 radical (unpaired) electrons. The largest absolute Gasteiger partial charge is 0.366 e. The number of amides is 1. The maximum atomic E-state index is 11.0. The van der Waals surface area contributed by atoms with Gasteiger partial charge < -0.3 is 11.1 Å². The summed E-state index contributed by atoms with van der Waals surface area (Å²) in [5, 5.41) is 7.54. The van der Waals surface area contributed by atoms with Crippen LogP contribution in [0.25, 0.3) is 0 Å². The summed E-state index contributed by atoms with van der Waals surface area (Å²) in [6.45, 7) is 1.37. The molecular weight excluding hydrogens is 228 g/mol. The highest BCUT2D eigenvalue weighted by Gasteiger charge is 2.01. The van der Waals surface area contributed by atoms with E-state index >= 15 is 0 Å². The van der Waals surface area contributed by atoms with Gasteiger partial charge in [0.25, 0.3) is 0 Å². The van der Waals surface area contributed by atoms with E-state index in [1.165, 1.54) is 0 Å². The SMILES string of the molecule is Cn1ccc(CNCc2cccc(C(N)=O)c2)n1. The fourth-order valence-corrected chi connectivity index (χ4v) is 1.73. The van der Waals surface area contributed by atoms with Gasteiger partial charge in [-0.05, 0) is 23.8 Å². The Kier molecular flexibility index (Phi) is 3.74. The molecule has 2 aromatic rings. The van der Waals surface area contributed by atoms with Crippen molar-refractivity contribution in [3.05, 3.63) is 53.3 Å². The molecule has 18 heavy (non-hydrogen) atoms. The molecule has 0 spiro atoms. The van der Waals surface area contributed by atoms with Crippen LogP contribution in [0.1, 0.15) is 21.6 Å². The van der Waals surface area contributed by atoms with E-state index in [4.69, 9.17) is 5.73 Å². The zero-order valence-electron chi connectivity index (χ0n) is 10.3. The molecule has 0 atom stereocenters. The first kappa shape index (κ1) is 12.3. The van der Waals surface area contributed by atoms with E-state index in [9.17, 15) is 4.79 Å². The van der Waals surface area contributed by atoms with Crippen LogP contribution >= 0.6 is 0 Å². The molecule has 1 aromatic heterocycles. The smallest absolute Gasteiger partial charge is 0.248 e. The maximum Gasteiger partial charge on any atom is 0.248 e. The third kappa shape index (κ3) is 3.18. The molecule has 0 saturated heterocycles. The second-order valence-electron chi connectivity index (χ2n) is 4.15. The standard InChI is InChI=1S/C13H16N4O/c1-17-6-5-12(16-17)9-15-8-10-3-2-4-11(7-10)13(14)18/h2-7,15H,8-9H2,1H3,(H2,14,18). The van der Waals surface area contributed by atoms with E-state index in [-0.39, 0.29) is 0 Å². The van der Waals surface area contributed by atoms with Crippen LogP contribution in [0.15, 0.2) is 36.5 Å². The predicted octanol–water partition coefficient (Wildman–Crippen LogP) is 0.809. The Balaban J connectivity index is 1.90. The first-order valence-electron chi connectivity index (χ1n) is 5.73. The van der Waals surface area contributed by atoms with Crippen molar-refractivity contribution >= 4 is 5.91 Å². The van der Waals surface area contributed by atoms with Crippen LogP contribution in [0.5, 0.6) is 0 Å². The Bertz CT molecular complexity index is 547. The van der Waals surface area contributed by atoms with Crippen LogP contribution in [0, 0.1) is 0 Å². The number of rotatable bonds is 5. The molecule has 3 N–H and O–H groups in total. The van der Waals surface area contributed by atoms with Crippen molar-refractivity contribution in [1.29, 1.82) is 0 Å². The lowest BCUT2D eigenvalue weighted by atomic mass is 10.1. The Labute approximate surface area is 106 Å². The Morgan fingerprint density at radius 3 is 2.89 bits per heavy atom. The molecule has 0 aliphatic rings. The fourth-order valence-electron chi connectivity index (χ4n) is 1.73. The lowest BCUT2D eigenvalue weighted by Crippen LogP contribution is -2.15. The molecule has 0 saturated carbocycles. The van der Waals surface area contributed by atoms with E-state index in [2.05, 4.69) is 10.4 Å². The van der Waals surface area contributed by atoms with Gasteiger partial charge in [0.2, 0.25) is 5.91 Å². The minimum absolute atomic E-state index is 0.401. The van der Waals surface area contributed by atoms with E-state index < -0.39 is 5.91 Å². The van der Waals surface area contributed by atoms with Gasteiger partial charge in [0, 0.05) is 31.9 Å². The van der Waals surface area contributed by atoms with Gasteiger partial charge in [0.1, 0.15) is 0 Å². The normalized spacial score (nSPS) is 10.5. The third-order valence-corrected chi connectivity index (χ3v) is 2.62. The molecule has 0 fully saturated rings. The second kappa shape index (κ2) is 5.46. The predicted molar refractivity (Wildman–Crippen MR) is 68.7 cm³/mol. The van der Waals surface area contributed by atoms with Crippen molar-refractivity contribution in [2.45, 2.75) is 13.1 Å². The van der Waals surface area contributed by atoms with Crippen LogP contribution < -0.4 is 11.1 Å². The topological polar surface area (TPSA) is 72.9 Å². The highest BCUT2D eigenvalue weighted by atomic mass is 16.1. The molecule has 1 heterocycles. The van der Waals surface area contributed by atoms with Crippen molar-refractivity contribution in [3.8, 4) is 0 Å². The van der Waals surface area contributed by atoms with Gasteiger partial charge in [-0.25, -0.2) is 0 Å². The van der Waals surface area contributed by atoms with Crippen molar-refractivity contribution in [3.63, 3.8) is 0 Å². The minimum Gasteiger partial charge on any atom is -0.366 e. The van der Waals surface area contributed by atoms with Gasteiger partial charge in [-0.3, -0.25) is 9.48 Å². The third-order valence-electron chi connectivity index (χ3n) is 2.62. The lowest BCUT2D eigenvalue weighted by molar-refractivity contribution is 0.1000. The average Bonchev–Trinajstić information content (AvgIpc) is 2.75. The van der Waals surface area contributed by atoms with Crippen molar-refractivity contribution in [2.75, 3.05) is 0 Å². The van der Waals surface area contributed by atoms with Gasteiger partial charge in [-0.15, -0.1) is 0 Å². The number of carbonyl (C=O) groups is 1. The second-order valence-corrected chi connectivity index (χ2v) is 4.15. The summed E-state index contributed by atoms with van der Waals surface area (Å²) in [7, 11) is 1.89. The molecule has 1 aromatic carbocycles. The molecule has 0 aliphatic carbocycles. The van der Waals surface area contributed by atoms with E-state index in [0.29, 0.717) is 18.7 Å². The van der Waals surface area contributed by atoms with E-state index in [1.54, 1.807) is 16.8 Å². The van der Waals surface area contributed by atoms with Gasteiger partial charge in [-0.1, -0.05) is 12.1 Å². The van der Waals surface area contributed by atoms with Crippen LogP contribution in [0.4, 0.5) is 0 Å². The summed E-state index contributed by atoms with van der Waals surface area (Å²) >= 11 is 0. The van der Waals surface area contributed by atoms with E-state index in [1.807, 2.05) is 31.4 Å². The van der Waals surface area contributed by atoms with Crippen LogP contribution in [0.2, 0.25) is 0 Å². The van der Waals surface area contributed by atoms with Crippen molar-refractivity contribution in [2.24, 2.45) is 12.8 Å². The van der Waals surface area contributed by atoms with Gasteiger partial charge in [0.15, 0.2) is 0 Å². The number of hydrogen-bond acceptors (Lipinski definition) is 3. The monoisotopic (exact) mass is 244 g/mol. The molecular formula is C13H16N4O. The number of nitrogens with two attached hydrogens (primary N) is 1. The van der Waals surface area contributed by atoms with Crippen molar-refractivity contribution < 1.29 is 4.79 Å². The summed E-state index contributed by atoms with van der Waals surface area (Å²) in [5.74, 6) is -0.401. The Hall–Kier alpha value is -2.14. The number of benzene rings is 1. The zero-order valence-corrected chi connectivity index (χ0v) is 10.3. The quantitative estimate of drug-likeness (QED) is 0.817. The average molecular weight is 244 g/mol. The first-order valence-corrected chi connectivity index (χ1v) is 5.73. The summed E-state index contributed by atoms with van der Waals surface area (Å²) < 4.78 is 1.77. The molecule has 2 rings (SSSR count). The molecule has 5 heteroatoms. The molecule has 0 aliphatic heterocycles. The summed E-state index contributed by atoms with van der Waals surface area (Å²) in [4.78, 5) is 11.0. The van der Waals surface area contributed by atoms with Gasteiger partial charge in [-0.2, -0.15) is 5.10 Å². The van der Waals surface area contributed by atoms with Crippen molar-refractivity contribution in [1.82, 2.24) is 15.1 Å². The molecule has 0 unspecified atom stereocenters. The summed E-state index contributed by atoms with van der Waals surface area (Å²) in [6, 6.07) is 9.26. The highest BCUT2D eigenvalue weighted by Crippen LogP contribution is 2.04. The summed E-state index contributed by atoms with van der Waals surface area (Å²) in [5.41, 5.74) is 7.79. The number of aryl methyl sites for hydroxylation is 1. The number of aromatic nitrogens is 2. The molecule has 0 bridgehead atoms. The minimum atomic E-state index is -0.401. The Morgan fingerprint density at radius 1 is 1.39 bits per heavy atom. The molecule has 1 amide bonds. The van der Waals surface area contributed by atoms with Crippen LogP contribution in [0.3, 0.4) is 0 Å². The van der Waals surface area contributed by atoms with Gasteiger partial charge in [0.05, 0.1) is 5.69 Å². The zero-order chi connectivity index (χ0) is 13.0. The number of primary amides is 1. The fraction of sp³-hybridized carbons (Fsp3) is 0.231. The highest BCUT2D eigenvalue weighted by molar-refractivity contribution is 5.92. The first-order chi connectivity index (χ1) is 8.65. The maximum absolute atomic E-state index is 11.0. The number of nitrogens with zero attached hydrogens (tertiary/aromatic N) is 2. The molecule has 94 valence electrons. The van der Waals surface area contributed by atoms with Gasteiger partial charge >= 0.3 is 0 Å². The number of nitrogens with one attached hydrogen (secondary N) is 1. The lowest BCUT2D eigenvalue weighted by Gasteiger charge is -2.04. The van der Waals surface area contributed by atoms with Crippen LogP contribution in [-0.4, -0.2) is 15.7 Å². The summed E-state index contributed by atoms with van der Waals surface area (Å²) in [6.07, 6.45) is 1.91. The molecule has 5 nitrogen and oxygen atoms in total. The van der Waals surface area contributed by atoms with E-state index in [0.717, 1.165) is 11.3 Å². The number of hydrogen-bond donors (Lipinski definition) is 2.